The summed E-state index contributed by atoms with van der Waals surface area (Å²) in [6.45, 7) is 5.93. The number of carbonyl (C=O) groups is 1. The lowest BCUT2D eigenvalue weighted by Crippen LogP contribution is -2.31. The quantitative estimate of drug-likeness (QED) is 0.449. The van der Waals surface area contributed by atoms with E-state index in [1.807, 2.05) is 63.2 Å². The maximum atomic E-state index is 12.6. The van der Waals surface area contributed by atoms with Crippen molar-refractivity contribution in [3.63, 3.8) is 0 Å². The number of aryl methyl sites for hydroxylation is 2. The molecule has 1 aromatic carbocycles. The van der Waals surface area contributed by atoms with Crippen LogP contribution < -0.4 is 10.6 Å². The van der Waals surface area contributed by atoms with Crippen molar-refractivity contribution in [2.24, 2.45) is 0 Å². The zero-order chi connectivity index (χ0) is 21.1. The van der Waals surface area contributed by atoms with E-state index in [1.54, 1.807) is 12.4 Å². The number of aromatic nitrogens is 4. The van der Waals surface area contributed by atoms with Crippen molar-refractivity contribution in [2.45, 2.75) is 33.2 Å². The summed E-state index contributed by atoms with van der Waals surface area (Å²) in [7, 11) is 0. The third-order valence-electron chi connectivity index (χ3n) is 5.12. The van der Waals surface area contributed by atoms with Crippen LogP contribution in [0.15, 0.2) is 54.9 Å². The Bertz CT molecular complexity index is 1190. The van der Waals surface area contributed by atoms with Crippen LogP contribution in [0.5, 0.6) is 0 Å². The number of amides is 2. The van der Waals surface area contributed by atoms with E-state index in [2.05, 4.69) is 30.8 Å². The van der Waals surface area contributed by atoms with Crippen molar-refractivity contribution >= 4 is 22.8 Å². The molecule has 0 aliphatic heterocycles. The predicted octanol–water partition coefficient (Wildman–Crippen LogP) is 4.77. The monoisotopic (exact) mass is 400 g/mol. The average molecular weight is 400 g/mol. The number of nitrogens with zero attached hydrogens (tertiary/aromatic N) is 3. The highest BCUT2D eigenvalue weighted by Gasteiger charge is 2.17. The first-order chi connectivity index (χ1) is 14.6. The minimum absolute atomic E-state index is 0.117. The normalized spacial score (nSPS) is 12.0. The van der Waals surface area contributed by atoms with Gasteiger partial charge < -0.3 is 5.32 Å². The van der Waals surface area contributed by atoms with Crippen LogP contribution in [0.25, 0.3) is 22.2 Å². The Morgan fingerprint density at radius 3 is 2.70 bits per heavy atom. The van der Waals surface area contributed by atoms with E-state index in [1.165, 1.54) is 0 Å². The van der Waals surface area contributed by atoms with Gasteiger partial charge in [-0.1, -0.05) is 37.3 Å². The van der Waals surface area contributed by atoms with Gasteiger partial charge in [-0.15, -0.1) is 0 Å². The van der Waals surface area contributed by atoms with E-state index in [4.69, 9.17) is 0 Å². The van der Waals surface area contributed by atoms with Crippen LogP contribution in [0.3, 0.4) is 0 Å². The van der Waals surface area contributed by atoms with Crippen LogP contribution in [0, 0.1) is 6.92 Å². The van der Waals surface area contributed by atoms with Gasteiger partial charge in [-0.2, -0.15) is 5.10 Å². The molecule has 4 aromatic rings. The van der Waals surface area contributed by atoms with Crippen LogP contribution in [-0.2, 0) is 6.42 Å². The van der Waals surface area contributed by atoms with Gasteiger partial charge in [-0.25, -0.2) is 9.78 Å². The fourth-order valence-electron chi connectivity index (χ4n) is 3.56. The number of benzene rings is 1. The Hall–Kier alpha value is -3.74. The highest BCUT2D eigenvalue weighted by Crippen LogP contribution is 2.30. The molecule has 1 unspecified atom stereocenters. The molecule has 7 heteroatoms. The first-order valence-corrected chi connectivity index (χ1v) is 9.98. The van der Waals surface area contributed by atoms with Gasteiger partial charge in [0.2, 0.25) is 0 Å². The highest BCUT2D eigenvalue weighted by molar-refractivity contribution is 5.98. The van der Waals surface area contributed by atoms with E-state index in [9.17, 15) is 4.79 Å². The fraction of sp³-hybridized carbons (Fsp3) is 0.217. The number of hydrogen-bond acceptors (Lipinski definition) is 4. The zero-order valence-electron chi connectivity index (χ0n) is 17.2. The number of hydrogen-bond donors (Lipinski definition) is 3. The second kappa shape index (κ2) is 8.32. The number of anilines is 1. The van der Waals surface area contributed by atoms with E-state index in [0.717, 1.165) is 39.0 Å². The molecule has 0 saturated carbocycles. The molecule has 0 aliphatic carbocycles. The van der Waals surface area contributed by atoms with Crippen molar-refractivity contribution in [3.8, 4) is 11.3 Å². The van der Waals surface area contributed by atoms with E-state index < -0.39 is 0 Å². The molecule has 0 aliphatic rings. The van der Waals surface area contributed by atoms with Crippen molar-refractivity contribution in [2.75, 3.05) is 5.32 Å². The molecule has 4 rings (SSSR count). The SMILES string of the molecule is CCc1c(NC(=O)NC(C)c2ccccc2)ncc2c(-c3ccnc(C)c3)n[nH]c12. The van der Waals surface area contributed by atoms with Gasteiger partial charge in [-0.05, 0) is 38.0 Å². The molecule has 152 valence electrons. The Kier molecular flexibility index (Phi) is 5.43. The topological polar surface area (TPSA) is 95.6 Å². The fourth-order valence-corrected chi connectivity index (χ4v) is 3.56. The lowest BCUT2D eigenvalue weighted by atomic mass is 10.1. The standard InChI is InChI=1S/C23H24N6O/c1-4-18-21-19(20(28-29-21)17-10-11-24-14(2)12-17)13-25-22(18)27-23(30)26-15(3)16-8-6-5-7-9-16/h5-13,15H,4H2,1-3H3,(H,28,29)(H2,25,26,27,30). The molecule has 0 fully saturated rings. The van der Waals surface area contributed by atoms with Gasteiger partial charge in [-0.3, -0.25) is 15.4 Å². The minimum atomic E-state index is -0.294. The van der Waals surface area contributed by atoms with Crippen LogP contribution in [0.1, 0.15) is 36.7 Å². The Morgan fingerprint density at radius 2 is 1.97 bits per heavy atom. The third-order valence-corrected chi connectivity index (χ3v) is 5.12. The molecule has 0 spiro atoms. The Balaban J connectivity index is 1.60. The van der Waals surface area contributed by atoms with Gasteiger partial charge in [0.05, 0.1) is 11.6 Å². The van der Waals surface area contributed by atoms with Gasteiger partial charge in [0.25, 0.3) is 0 Å². The van der Waals surface area contributed by atoms with Crippen molar-refractivity contribution in [3.05, 3.63) is 71.7 Å². The maximum absolute atomic E-state index is 12.6. The molecule has 3 aromatic heterocycles. The molecule has 1 atom stereocenters. The van der Waals surface area contributed by atoms with Crippen LogP contribution in [-0.4, -0.2) is 26.2 Å². The molecule has 3 heterocycles. The summed E-state index contributed by atoms with van der Waals surface area (Å²) < 4.78 is 0. The smallest absolute Gasteiger partial charge is 0.320 e. The zero-order valence-corrected chi connectivity index (χ0v) is 17.2. The predicted molar refractivity (Wildman–Crippen MR) is 118 cm³/mol. The summed E-state index contributed by atoms with van der Waals surface area (Å²) in [4.78, 5) is 21.3. The second-order valence-corrected chi connectivity index (χ2v) is 7.22. The first-order valence-electron chi connectivity index (χ1n) is 9.98. The molecule has 30 heavy (non-hydrogen) atoms. The van der Waals surface area contributed by atoms with Crippen LogP contribution >= 0.6 is 0 Å². The van der Waals surface area contributed by atoms with E-state index >= 15 is 0 Å². The Labute approximate surface area is 175 Å². The highest BCUT2D eigenvalue weighted by atomic mass is 16.2. The number of H-pyrrole nitrogens is 1. The van der Waals surface area contributed by atoms with Crippen LogP contribution in [0.4, 0.5) is 10.6 Å². The molecule has 0 bridgehead atoms. The third kappa shape index (κ3) is 3.87. The van der Waals surface area contributed by atoms with Crippen molar-refractivity contribution in [1.29, 1.82) is 0 Å². The molecule has 0 radical (unpaired) electrons. The molecular weight excluding hydrogens is 376 g/mol. The summed E-state index contributed by atoms with van der Waals surface area (Å²) in [5.41, 5.74) is 5.56. The van der Waals surface area contributed by atoms with Gasteiger partial charge >= 0.3 is 6.03 Å². The second-order valence-electron chi connectivity index (χ2n) is 7.22. The molecule has 0 saturated heterocycles. The summed E-state index contributed by atoms with van der Waals surface area (Å²) in [5, 5.41) is 14.4. The average Bonchev–Trinajstić information content (AvgIpc) is 3.18. The van der Waals surface area contributed by atoms with Gasteiger partial charge in [0.15, 0.2) is 0 Å². The minimum Gasteiger partial charge on any atom is -0.331 e. The Morgan fingerprint density at radius 1 is 1.17 bits per heavy atom. The summed E-state index contributed by atoms with van der Waals surface area (Å²) in [6.07, 6.45) is 4.22. The van der Waals surface area contributed by atoms with Crippen molar-refractivity contribution in [1.82, 2.24) is 25.5 Å². The number of pyridine rings is 2. The number of urea groups is 1. The molecule has 2 amide bonds. The van der Waals surface area contributed by atoms with E-state index in [0.29, 0.717) is 12.2 Å². The molecule has 7 nitrogen and oxygen atoms in total. The first kappa shape index (κ1) is 19.6. The molecule has 3 N–H and O–H groups in total. The van der Waals surface area contributed by atoms with Gasteiger partial charge in [0.1, 0.15) is 11.5 Å². The maximum Gasteiger partial charge on any atom is 0.320 e. The summed E-state index contributed by atoms with van der Waals surface area (Å²) in [5.74, 6) is 0.531. The summed E-state index contributed by atoms with van der Waals surface area (Å²) in [6, 6.07) is 13.3. The van der Waals surface area contributed by atoms with Crippen LogP contribution in [0.2, 0.25) is 0 Å². The molecular formula is C23H24N6O. The number of aromatic amines is 1. The van der Waals surface area contributed by atoms with Crippen molar-refractivity contribution < 1.29 is 4.79 Å². The number of nitrogens with one attached hydrogen (secondary N) is 3. The largest absolute Gasteiger partial charge is 0.331 e. The van der Waals surface area contributed by atoms with E-state index in [-0.39, 0.29) is 12.1 Å². The number of fused-ring (bicyclic) bond motifs is 1. The number of carbonyl (C=O) groups excluding carboxylic acids is 1. The lowest BCUT2D eigenvalue weighted by molar-refractivity contribution is 0.249. The van der Waals surface area contributed by atoms with Gasteiger partial charge in [0, 0.05) is 34.6 Å². The lowest BCUT2D eigenvalue weighted by Gasteiger charge is -2.16. The number of rotatable bonds is 5. The summed E-state index contributed by atoms with van der Waals surface area (Å²) >= 11 is 0.